The molecule has 5 heteroatoms. The lowest BCUT2D eigenvalue weighted by molar-refractivity contribution is -0.205. The van der Waals surface area contributed by atoms with Crippen molar-refractivity contribution < 1.29 is 14.6 Å². The van der Waals surface area contributed by atoms with Crippen LogP contribution in [0.15, 0.2) is 0 Å². The van der Waals surface area contributed by atoms with Crippen molar-refractivity contribution in [2.75, 3.05) is 46.9 Å². The van der Waals surface area contributed by atoms with E-state index in [0.717, 1.165) is 45.3 Å². The van der Waals surface area contributed by atoms with E-state index < -0.39 is 5.79 Å². The fraction of sp³-hybridized carbons (Fsp3) is 1.00. The Morgan fingerprint density at radius 3 is 2.45 bits per heavy atom. The predicted octanol–water partition coefficient (Wildman–Crippen LogP) is 0.917. The quantitative estimate of drug-likeness (QED) is 0.786. The summed E-state index contributed by atoms with van der Waals surface area (Å²) in [4.78, 5) is 4.60. The van der Waals surface area contributed by atoms with Crippen molar-refractivity contribution in [3.05, 3.63) is 0 Å². The van der Waals surface area contributed by atoms with Crippen molar-refractivity contribution in [3.63, 3.8) is 0 Å². The Balaban J connectivity index is 2.00. The van der Waals surface area contributed by atoms with Crippen LogP contribution >= 0.6 is 0 Å². The fourth-order valence-electron chi connectivity index (χ4n) is 3.31. The summed E-state index contributed by atoms with van der Waals surface area (Å²) in [7, 11) is 4.18. The Morgan fingerprint density at radius 2 is 1.85 bits per heavy atom. The molecule has 1 heterocycles. The highest BCUT2D eigenvalue weighted by molar-refractivity contribution is 4.93. The molecule has 2 aliphatic rings. The SMILES string of the molecule is CCCN(CCN(C)C)C1CC2(CCC1O)OCCO2. The Labute approximate surface area is 122 Å². The van der Waals surface area contributed by atoms with E-state index >= 15 is 0 Å². The molecule has 0 aromatic rings. The minimum atomic E-state index is -0.423. The maximum absolute atomic E-state index is 10.4. The first-order valence-corrected chi connectivity index (χ1v) is 7.91. The van der Waals surface area contributed by atoms with Gasteiger partial charge in [0.1, 0.15) is 0 Å². The number of nitrogens with zero attached hydrogens (tertiary/aromatic N) is 2. The molecule has 5 nitrogen and oxygen atoms in total. The zero-order valence-electron chi connectivity index (χ0n) is 13.2. The summed E-state index contributed by atoms with van der Waals surface area (Å²) in [6, 6.07) is 0.154. The molecule has 20 heavy (non-hydrogen) atoms. The first-order valence-electron chi connectivity index (χ1n) is 7.91. The van der Waals surface area contributed by atoms with Gasteiger partial charge in [-0.3, -0.25) is 4.90 Å². The lowest BCUT2D eigenvalue weighted by atomic mass is 9.86. The van der Waals surface area contributed by atoms with Crippen LogP contribution in [0, 0.1) is 0 Å². The number of hydrogen-bond acceptors (Lipinski definition) is 5. The molecule has 118 valence electrons. The van der Waals surface area contributed by atoms with Gasteiger partial charge in [0.05, 0.1) is 19.3 Å². The normalized spacial score (nSPS) is 29.7. The highest BCUT2D eigenvalue weighted by Crippen LogP contribution is 2.37. The van der Waals surface area contributed by atoms with E-state index in [-0.39, 0.29) is 12.1 Å². The molecule has 1 aliphatic carbocycles. The van der Waals surface area contributed by atoms with Crippen molar-refractivity contribution in [3.8, 4) is 0 Å². The van der Waals surface area contributed by atoms with Gasteiger partial charge in [0, 0.05) is 32.0 Å². The molecule has 1 spiro atoms. The first-order chi connectivity index (χ1) is 9.56. The Hall–Kier alpha value is -0.200. The minimum Gasteiger partial charge on any atom is -0.391 e. The van der Waals surface area contributed by atoms with Crippen LogP contribution in [0.3, 0.4) is 0 Å². The second-order valence-electron chi connectivity index (χ2n) is 6.32. The maximum atomic E-state index is 10.4. The molecule has 0 aromatic carbocycles. The van der Waals surface area contributed by atoms with Crippen molar-refractivity contribution in [1.82, 2.24) is 9.80 Å². The Bertz CT molecular complexity index is 293. The van der Waals surface area contributed by atoms with Crippen molar-refractivity contribution in [2.24, 2.45) is 0 Å². The van der Waals surface area contributed by atoms with E-state index in [4.69, 9.17) is 9.47 Å². The van der Waals surface area contributed by atoms with Gasteiger partial charge < -0.3 is 19.5 Å². The standard InChI is InChI=1S/C15H30N2O3/c1-4-7-17(9-8-16(2)3)13-12-15(6-5-14(13)18)19-10-11-20-15/h13-14,18H,4-12H2,1-3H3. The van der Waals surface area contributed by atoms with Gasteiger partial charge in [-0.25, -0.2) is 0 Å². The van der Waals surface area contributed by atoms with E-state index in [2.05, 4.69) is 30.8 Å². The average Bonchev–Trinajstić information content (AvgIpc) is 2.86. The van der Waals surface area contributed by atoms with Crippen LogP contribution in [0.4, 0.5) is 0 Å². The molecule has 0 amide bonds. The van der Waals surface area contributed by atoms with E-state index in [1.165, 1.54) is 0 Å². The Morgan fingerprint density at radius 1 is 1.15 bits per heavy atom. The molecule has 1 saturated carbocycles. The van der Waals surface area contributed by atoms with Gasteiger partial charge in [0.25, 0.3) is 0 Å². The second-order valence-corrected chi connectivity index (χ2v) is 6.32. The van der Waals surface area contributed by atoms with Gasteiger partial charge in [-0.15, -0.1) is 0 Å². The fourth-order valence-corrected chi connectivity index (χ4v) is 3.31. The van der Waals surface area contributed by atoms with Gasteiger partial charge in [-0.1, -0.05) is 6.92 Å². The lowest BCUT2D eigenvalue weighted by Crippen LogP contribution is -2.54. The molecule has 1 aliphatic heterocycles. The number of hydrogen-bond donors (Lipinski definition) is 1. The van der Waals surface area contributed by atoms with Crippen LogP contribution in [-0.4, -0.2) is 79.8 Å². The third kappa shape index (κ3) is 3.92. The summed E-state index contributed by atoms with van der Waals surface area (Å²) in [5, 5.41) is 10.4. The molecular formula is C15H30N2O3. The molecule has 2 rings (SSSR count). The monoisotopic (exact) mass is 286 g/mol. The van der Waals surface area contributed by atoms with Crippen LogP contribution in [-0.2, 0) is 9.47 Å². The van der Waals surface area contributed by atoms with Crippen molar-refractivity contribution in [2.45, 2.75) is 50.5 Å². The van der Waals surface area contributed by atoms with Gasteiger partial charge in [0.15, 0.2) is 5.79 Å². The van der Waals surface area contributed by atoms with Gasteiger partial charge in [0.2, 0.25) is 0 Å². The minimum absolute atomic E-state index is 0.154. The first kappa shape index (κ1) is 16.2. The van der Waals surface area contributed by atoms with Crippen molar-refractivity contribution in [1.29, 1.82) is 0 Å². The zero-order chi connectivity index (χ0) is 14.6. The summed E-state index contributed by atoms with van der Waals surface area (Å²) < 4.78 is 11.7. The number of aliphatic hydroxyl groups is 1. The maximum Gasteiger partial charge on any atom is 0.170 e. The number of likely N-dealkylation sites (N-methyl/N-ethyl adjacent to an activating group) is 1. The summed E-state index contributed by atoms with van der Waals surface area (Å²) in [6.07, 6.45) is 3.22. The van der Waals surface area contributed by atoms with Crippen LogP contribution in [0.2, 0.25) is 0 Å². The topological polar surface area (TPSA) is 45.2 Å². The zero-order valence-corrected chi connectivity index (χ0v) is 13.2. The predicted molar refractivity (Wildman–Crippen MR) is 78.7 cm³/mol. The smallest absolute Gasteiger partial charge is 0.170 e. The van der Waals surface area contributed by atoms with Crippen LogP contribution < -0.4 is 0 Å². The van der Waals surface area contributed by atoms with Gasteiger partial charge >= 0.3 is 0 Å². The molecule has 0 aromatic heterocycles. The van der Waals surface area contributed by atoms with E-state index in [0.29, 0.717) is 13.2 Å². The Kier molecular flexibility index (Phi) is 5.81. The van der Waals surface area contributed by atoms with Gasteiger partial charge in [-0.05, 0) is 33.5 Å². The lowest BCUT2D eigenvalue weighted by Gasteiger charge is -2.44. The van der Waals surface area contributed by atoms with E-state index in [1.54, 1.807) is 0 Å². The summed E-state index contributed by atoms with van der Waals surface area (Å²) in [5.41, 5.74) is 0. The second kappa shape index (κ2) is 7.18. The van der Waals surface area contributed by atoms with Crippen molar-refractivity contribution >= 4 is 0 Å². The highest BCUT2D eigenvalue weighted by Gasteiger charge is 2.46. The molecule has 0 bridgehead atoms. The van der Waals surface area contributed by atoms with Crippen LogP contribution in [0.25, 0.3) is 0 Å². The largest absolute Gasteiger partial charge is 0.391 e. The van der Waals surface area contributed by atoms with Crippen LogP contribution in [0.1, 0.15) is 32.6 Å². The molecular weight excluding hydrogens is 256 g/mol. The summed E-state index contributed by atoms with van der Waals surface area (Å²) in [5.74, 6) is -0.423. The number of ether oxygens (including phenoxy) is 2. The molecule has 0 radical (unpaired) electrons. The third-order valence-corrected chi connectivity index (χ3v) is 4.41. The number of rotatable bonds is 6. The van der Waals surface area contributed by atoms with E-state index in [1.807, 2.05) is 0 Å². The summed E-state index contributed by atoms with van der Waals surface area (Å²) >= 11 is 0. The van der Waals surface area contributed by atoms with Gasteiger partial charge in [-0.2, -0.15) is 0 Å². The molecule has 2 atom stereocenters. The molecule has 1 N–H and O–H groups in total. The van der Waals surface area contributed by atoms with E-state index in [9.17, 15) is 5.11 Å². The number of aliphatic hydroxyl groups excluding tert-OH is 1. The third-order valence-electron chi connectivity index (χ3n) is 4.41. The molecule has 2 fully saturated rings. The summed E-state index contributed by atoms with van der Waals surface area (Å²) in [6.45, 7) is 6.58. The highest BCUT2D eigenvalue weighted by atomic mass is 16.7. The molecule has 2 unspecified atom stereocenters. The molecule has 1 saturated heterocycles. The average molecular weight is 286 g/mol. The van der Waals surface area contributed by atoms with Crippen LogP contribution in [0.5, 0.6) is 0 Å².